The first-order chi connectivity index (χ1) is 17.9. The zero-order chi connectivity index (χ0) is 26.4. The average molecular weight is 520 g/mol. The van der Waals surface area contributed by atoms with E-state index in [2.05, 4.69) is 10.3 Å². The fraction of sp³-hybridized carbons (Fsp3) is 0.185. The number of anilines is 1. The van der Waals surface area contributed by atoms with Gasteiger partial charge in [0.1, 0.15) is 16.7 Å². The van der Waals surface area contributed by atoms with Crippen molar-refractivity contribution in [3.63, 3.8) is 0 Å². The first-order valence-corrected chi connectivity index (χ1v) is 12.2. The summed E-state index contributed by atoms with van der Waals surface area (Å²) in [6.45, 7) is 0.278. The Morgan fingerprint density at radius 2 is 1.68 bits per heavy atom. The molecule has 3 aromatic carbocycles. The molecule has 1 atom stereocenters. The van der Waals surface area contributed by atoms with Crippen LogP contribution in [0.2, 0.25) is 0 Å². The lowest BCUT2D eigenvalue weighted by Gasteiger charge is -2.32. The van der Waals surface area contributed by atoms with Crippen molar-refractivity contribution >= 4 is 46.1 Å². The number of nitrogens with zero attached hydrogens (tertiary/aromatic N) is 2. The van der Waals surface area contributed by atoms with Crippen molar-refractivity contribution in [1.29, 1.82) is 0 Å². The molecular formula is C27H25N3O6S. The summed E-state index contributed by atoms with van der Waals surface area (Å²) in [6, 6.07) is 20.4. The molecule has 190 valence electrons. The first kappa shape index (κ1) is 25.8. The number of amides is 2. The predicted molar refractivity (Wildman–Crippen MR) is 142 cm³/mol. The summed E-state index contributed by atoms with van der Waals surface area (Å²) in [4.78, 5) is 43.8. The second kappa shape index (κ2) is 11.6. The summed E-state index contributed by atoms with van der Waals surface area (Å²) < 4.78 is 10.4. The van der Waals surface area contributed by atoms with Gasteiger partial charge in [-0.05, 0) is 60.2 Å². The number of benzene rings is 3. The highest BCUT2D eigenvalue weighted by Gasteiger charge is 2.36. The summed E-state index contributed by atoms with van der Waals surface area (Å²) in [6.07, 6.45) is -0.0348. The van der Waals surface area contributed by atoms with Gasteiger partial charge in [-0.1, -0.05) is 30.0 Å². The van der Waals surface area contributed by atoms with E-state index in [1.165, 1.54) is 23.9 Å². The van der Waals surface area contributed by atoms with Crippen molar-refractivity contribution in [2.45, 2.75) is 18.2 Å². The van der Waals surface area contributed by atoms with Gasteiger partial charge in [-0.25, -0.2) is 9.79 Å². The molecule has 10 heteroatoms. The third kappa shape index (κ3) is 6.47. The van der Waals surface area contributed by atoms with Gasteiger partial charge >= 0.3 is 5.97 Å². The number of ether oxygens (including phenoxy) is 2. The summed E-state index contributed by atoms with van der Waals surface area (Å²) in [5.41, 5.74) is 1.88. The minimum Gasteiger partial charge on any atom is -0.497 e. The quantitative estimate of drug-likeness (QED) is 0.448. The Labute approximate surface area is 218 Å². The summed E-state index contributed by atoms with van der Waals surface area (Å²) >= 11 is 1.18. The topological polar surface area (TPSA) is 118 Å². The third-order valence-electron chi connectivity index (χ3n) is 5.61. The summed E-state index contributed by atoms with van der Waals surface area (Å²) in [7, 11) is 3.16. The van der Waals surface area contributed by atoms with Crippen LogP contribution in [0, 0.1) is 0 Å². The van der Waals surface area contributed by atoms with Crippen molar-refractivity contribution in [2.24, 2.45) is 4.99 Å². The Morgan fingerprint density at radius 3 is 2.30 bits per heavy atom. The van der Waals surface area contributed by atoms with Crippen molar-refractivity contribution < 1.29 is 29.0 Å². The van der Waals surface area contributed by atoms with E-state index in [9.17, 15) is 19.5 Å². The fourth-order valence-electron chi connectivity index (χ4n) is 3.63. The maximum atomic E-state index is 13.3. The van der Waals surface area contributed by atoms with E-state index in [1.54, 1.807) is 55.5 Å². The van der Waals surface area contributed by atoms with Gasteiger partial charge in [0.25, 0.3) is 0 Å². The molecule has 0 aliphatic carbocycles. The van der Waals surface area contributed by atoms with Crippen LogP contribution in [0.4, 0.5) is 11.4 Å². The molecule has 1 saturated heterocycles. The molecule has 0 bridgehead atoms. The lowest BCUT2D eigenvalue weighted by atomic mass is 10.1. The van der Waals surface area contributed by atoms with Crippen LogP contribution in [0.25, 0.3) is 0 Å². The van der Waals surface area contributed by atoms with Gasteiger partial charge in [-0.2, -0.15) is 0 Å². The van der Waals surface area contributed by atoms with Crippen molar-refractivity contribution in [3.8, 4) is 11.5 Å². The molecule has 0 aromatic heterocycles. The lowest BCUT2D eigenvalue weighted by molar-refractivity contribution is -0.129. The van der Waals surface area contributed by atoms with Crippen LogP contribution in [0.3, 0.4) is 0 Å². The Morgan fingerprint density at radius 1 is 1.03 bits per heavy atom. The third-order valence-corrected chi connectivity index (χ3v) is 6.79. The highest BCUT2D eigenvalue weighted by Crippen LogP contribution is 2.32. The molecule has 0 spiro atoms. The molecule has 2 N–H and O–H groups in total. The van der Waals surface area contributed by atoms with Gasteiger partial charge < -0.3 is 19.9 Å². The van der Waals surface area contributed by atoms with Crippen LogP contribution in [0.15, 0.2) is 77.8 Å². The number of amidine groups is 1. The fourth-order valence-corrected chi connectivity index (χ4v) is 4.73. The largest absolute Gasteiger partial charge is 0.497 e. The molecule has 2 amide bonds. The highest BCUT2D eigenvalue weighted by molar-refractivity contribution is 8.15. The molecule has 0 radical (unpaired) electrons. The first-order valence-electron chi connectivity index (χ1n) is 11.3. The van der Waals surface area contributed by atoms with Gasteiger partial charge in [0.2, 0.25) is 11.8 Å². The van der Waals surface area contributed by atoms with Crippen LogP contribution < -0.4 is 14.8 Å². The number of rotatable bonds is 8. The number of hydrogen-bond donors (Lipinski definition) is 2. The molecule has 1 aliphatic heterocycles. The molecule has 0 saturated carbocycles. The number of carboxylic acids is 1. The number of aromatic carboxylic acids is 1. The number of nitrogens with one attached hydrogen (secondary N) is 1. The minimum atomic E-state index is -1.10. The van der Waals surface area contributed by atoms with Crippen LogP contribution in [0.1, 0.15) is 22.3 Å². The molecule has 37 heavy (non-hydrogen) atoms. The lowest BCUT2D eigenvalue weighted by Crippen LogP contribution is -2.44. The maximum Gasteiger partial charge on any atom is 0.335 e. The molecule has 1 aliphatic rings. The van der Waals surface area contributed by atoms with E-state index in [1.807, 2.05) is 24.3 Å². The second-order valence-corrected chi connectivity index (χ2v) is 9.28. The number of aliphatic imine (C=N–C) groups is 1. The van der Waals surface area contributed by atoms with Gasteiger partial charge in [-0.3, -0.25) is 14.5 Å². The van der Waals surface area contributed by atoms with Gasteiger partial charge in [0.15, 0.2) is 5.17 Å². The smallest absolute Gasteiger partial charge is 0.335 e. The van der Waals surface area contributed by atoms with E-state index in [-0.39, 0.29) is 24.4 Å². The molecular weight excluding hydrogens is 494 g/mol. The molecule has 1 heterocycles. The molecule has 1 fully saturated rings. The second-order valence-electron chi connectivity index (χ2n) is 8.11. The van der Waals surface area contributed by atoms with Gasteiger partial charge in [0, 0.05) is 12.1 Å². The average Bonchev–Trinajstić information content (AvgIpc) is 2.91. The standard InChI is InChI=1S/C27H25N3O6S/c1-35-21-10-6-17(7-11-21)16-30-24(31)15-23(25(32)28-20-5-3-4-18(14-20)26(33)34)37-27(30)29-19-8-12-22(36-2)13-9-19/h3-14,23H,15-16H2,1-2H3,(H,28,32)(H,33,34). The Balaban J connectivity index is 1.59. The SMILES string of the molecule is COc1ccc(CN2C(=O)CC(C(=O)Nc3cccc(C(=O)O)c3)SC2=Nc2ccc(OC)cc2)cc1. The van der Waals surface area contributed by atoms with E-state index >= 15 is 0 Å². The van der Waals surface area contributed by atoms with E-state index in [0.717, 1.165) is 5.56 Å². The van der Waals surface area contributed by atoms with E-state index in [0.29, 0.717) is 28.0 Å². The minimum absolute atomic E-state index is 0.0348. The van der Waals surface area contributed by atoms with Crippen molar-refractivity contribution in [1.82, 2.24) is 4.90 Å². The summed E-state index contributed by atoms with van der Waals surface area (Å²) in [5.74, 6) is -0.374. The number of carbonyl (C=O) groups is 3. The molecule has 3 aromatic rings. The number of carboxylic acid groups (broad SMARTS) is 1. The monoisotopic (exact) mass is 519 g/mol. The van der Waals surface area contributed by atoms with Crippen molar-refractivity contribution in [3.05, 3.63) is 83.9 Å². The van der Waals surface area contributed by atoms with Crippen LogP contribution in [0.5, 0.6) is 11.5 Å². The normalized spacial score (nSPS) is 16.4. The Kier molecular flexibility index (Phi) is 8.09. The number of methoxy groups -OCH3 is 2. The van der Waals surface area contributed by atoms with E-state index < -0.39 is 17.1 Å². The molecule has 9 nitrogen and oxygen atoms in total. The van der Waals surface area contributed by atoms with Gasteiger partial charge in [0.05, 0.1) is 32.0 Å². The zero-order valence-electron chi connectivity index (χ0n) is 20.2. The highest BCUT2D eigenvalue weighted by atomic mass is 32.2. The van der Waals surface area contributed by atoms with Gasteiger partial charge in [-0.15, -0.1) is 0 Å². The number of hydrogen-bond acceptors (Lipinski definition) is 7. The Hall–Kier alpha value is -4.31. The zero-order valence-corrected chi connectivity index (χ0v) is 21.0. The van der Waals surface area contributed by atoms with E-state index in [4.69, 9.17) is 9.47 Å². The van der Waals surface area contributed by atoms with Crippen LogP contribution in [-0.2, 0) is 16.1 Å². The Bertz CT molecular complexity index is 1320. The molecule has 4 rings (SSSR count). The number of thioether (sulfide) groups is 1. The van der Waals surface area contributed by atoms with Crippen LogP contribution in [-0.4, -0.2) is 52.4 Å². The molecule has 1 unspecified atom stereocenters. The summed E-state index contributed by atoms with van der Waals surface area (Å²) in [5, 5.41) is 11.6. The van der Waals surface area contributed by atoms with Crippen LogP contribution >= 0.6 is 11.8 Å². The number of carbonyl (C=O) groups excluding carboxylic acids is 2. The maximum absolute atomic E-state index is 13.3. The predicted octanol–water partition coefficient (Wildman–Crippen LogP) is 4.56. The van der Waals surface area contributed by atoms with Crippen molar-refractivity contribution in [2.75, 3.05) is 19.5 Å².